The van der Waals surface area contributed by atoms with Crippen LogP contribution in [0.5, 0.6) is 5.75 Å². The van der Waals surface area contributed by atoms with E-state index in [0.717, 1.165) is 5.56 Å². The van der Waals surface area contributed by atoms with Crippen LogP contribution in [0.15, 0.2) is 22.5 Å². The Hall–Kier alpha value is -2.04. The summed E-state index contributed by atoms with van der Waals surface area (Å²) < 4.78 is 5.80. The van der Waals surface area contributed by atoms with E-state index in [1.807, 2.05) is 6.07 Å². The molecule has 0 fully saturated rings. The van der Waals surface area contributed by atoms with Crippen LogP contribution >= 0.6 is 23.1 Å². The third-order valence-corrected chi connectivity index (χ3v) is 5.08. The fourth-order valence-corrected chi connectivity index (χ4v) is 3.68. The lowest BCUT2D eigenvalue weighted by atomic mass is 10.1. The molecule has 1 aromatic carbocycles. The molecule has 0 unspecified atom stereocenters. The van der Waals surface area contributed by atoms with Crippen LogP contribution in [0.25, 0.3) is 0 Å². The second-order valence-electron chi connectivity index (χ2n) is 4.13. The number of methoxy groups -OCH3 is 1. The molecule has 0 saturated carbocycles. The van der Waals surface area contributed by atoms with Crippen molar-refractivity contribution in [2.75, 3.05) is 7.11 Å². The van der Waals surface area contributed by atoms with Crippen molar-refractivity contribution in [1.82, 2.24) is 4.98 Å². The molecule has 0 amide bonds. The van der Waals surface area contributed by atoms with Gasteiger partial charge in [0, 0.05) is 5.75 Å². The molecule has 0 aliphatic heterocycles. The molecule has 5 nitrogen and oxygen atoms in total. The average Bonchev–Trinajstić information content (AvgIpc) is 2.86. The predicted octanol–water partition coefficient (Wildman–Crippen LogP) is 3.32. The largest absolute Gasteiger partial charge is 0.495 e. The Bertz CT molecular complexity index is 719. The Morgan fingerprint density at radius 1 is 1.57 bits per heavy atom. The van der Waals surface area contributed by atoms with Crippen LogP contribution < -0.4 is 4.74 Å². The van der Waals surface area contributed by atoms with Gasteiger partial charge in [-0.3, -0.25) is 0 Å². The summed E-state index contributed by atoms with van der Waals surface area (Å²) in [5, 5.41) is 18.0. The number of hydrogen-bond acceptors (Lipinski definition) is 6. The van der Waals surface area contributed by atoms with Crippen LogP contribution in [0.3, 0.4) is 0 Å². The van der Waals surface area contributed by atoms with Crippen LogP contribution in [-0.2, 0) is 5.75 Å². The molecule has 0 radical (unpaired) electrons. The maximum atomic E-state index is 11.0. The molecule has 1 heterocycles. The van der Waals surface area contributed by atoms with E-state index >= 15 is 0 Å². The number of ether oxygens (including phenoxy) is 1. The lowest BCUT2D eigenvalue weighted by Gasteiger charge is -2.04. The van der Waals surface area contributed by atoms with Gasteiger partial charge in [-0.05, 0) is 24.6 Å². The number of thioether (sulfide) groups is 1. The van der Waals surface area contributed by atoms with Gasteiger partial charge in [0.05, 0.1) is 18.4 Å². The first-order chi connectivity index (χ1) is 10.0. The van der Waals surface area contributed by atoms with Crippen LogP contribution in [-0.4, -0.2) is 23.2 Å². The maximum Gasteiger partial charge on any atom is 0.347 e. The maximum absolute atomic E-state index is 11.0. The summed E-state index contributed by atoms with van der Waals surface area (Å²) in [5.41, 5.74) is 1.97. The molecule has 2 rings (SSSR count). The predicted molar refractivity (Wildman–Crippen MR) is 81.1 cm³/mol. The van der Waals surface area contributed by atoms with Crippen molar-refractivity contribution in [3.63, 3.8) is 0 Å². The number of carboxylic acid groups (broad SMARTS) is 1. The molecule has 7 heteroatoms. The minimum Gasteiger partial charge on any atom is -0.495 e. The molecule has 2 aromatic rings. The van der Waals surface area contributed by atoms with Gasteiger partial charge < -0.3 is 9.84 Å². The van der Waals surface area contributed by atoms with Gasteiger partial charge in [-0.2, -0.15) is 5.26 Å². The molecule has 108 valence electrons. The molecule has 0 spiro atoms. The lowest BCUT2D eigenvalue weighted by Crippen LogP contribution is -1.94. The SMILES string of the molecule is COc1ccc(CSc2nc(C)c(C(=O)O)s2)cc1C#N. The second kappa shape index (κ2) is 6.61. The lowest BCUT2D eigenvalue weighted by molar-refractivity contribution is 0.0701. The van der Waals surface area contributed by atoms with Gasteiger partial charge >= 0.3 is 5.97 Å². The monoisotopic (exact) mass is 320 g/mol. The van der Waals surface area contributed by atoms with Gasteiger partial charge in [-0.1, -0.05) is 17.8 Å². The van der Waals surface area contributed by atoms with Crippen molar-refractivity contribution in [2.45, 2.75) is 17.0 Å². The summed E-state index contributed by atoms with van der Waals surface area (Å²) >= 11 is 2.62. The van der Waals surface area contributed by atoms with Crippen molar-refractivity contribution in [3.8, 4) is 11.8 Å². The van der Waals surface area contributed by atoms with Gasteiger partial charge in [0.1, 0.15) is 16.7 Å². The number of nitriles is 1. The van der Waals surface area contributed by atoms with E-state index in [1.165, 1.54) is 30.2 Å². The number of nitrogens with zero attached hydrogens (tertiary/aromatic N) is 2. The minimum atomic E-state index is -0.951. The van der Waals surface area contributed by atoms with Crippen LogP contribution in [0.1, 0.15) is 26.5 Å². The summed E-state index contributed by atoms with van der Waals surface area (Å²) in [4.78, 5) is 15.5. The number of carbonyl (C=O) groups is 1. The van der Waals surface area contributed by atoms with E-state index in [1.54, 1.807) is 19.1 Å². The topological polar surface area (TPSA) is 83.2 Å². The smallest absolute Gasteiger partial charge is 0.347 e. The average molecular weight is 320 g/mol. The zero-order chi connectivity index (χ0) is 15.4. The van der Waals surface area contributed by atoms with Gasteiger partial charge in [0.15, 0.2) is 4.34 Å². The Morgan fingerprint density at radius 2 is 2.33 bits per heavy atom. The van der Waals surface area contributed by atoms with Crippen molar-refractivity contribution >= 4 is 29.1 Å². The van der Waals surface area contributed by atoms with E-state index in [9.17, 15) is 4.79 Å². The van der Waals surface area contributed by atoms with Crippen molar-refractivity contribution < 1.29 is 14.6 Å². The summed E-state index contributed by atoms with van der Waals surface area (Å²) in [6.07, 6.45) is 0. The second-order valence-corrected chi connectivity index (χ2v) is 6.36. The summed E-state index contributed by atoms with van der Waals surface area (Å²) in [6.45, 7) is 1.69. The van der Waals surface area contributed by atoms with Gasteiger partial charge in [0.2, 0.25) is 0 Å². The number of benzene rings is 1. The first kappa shape index (κ1) is 15.4. The zero-order valence-electron chi connectivity index (χ0n) is 11.4. The zero-order valence-corrected chi connectivity index (χ0v) is 13.0. The van der Waals surface area contributed by atoms with Crippen molar-refractivity contribution in [3.05, 3.63) is 39.9 Å². The van der Waals surface area contributed by atoms with Gasteiger partial charge in [-0.15, -0.1) is 11.3 Å². The third kappa shape index (κ3) is 3.54. The van der Waals surface area contributed by atoms with E-state index in [4.69, 9.17) is 15.1 Å². The molecule has 0 saturated heterocycles. The highest BCUT2D eigenvalue weighted by molar-refractivity contribution is 8.00. The number of thiazole rings is 1. The summed E-state index contributed by atoms with van der Waals surface area (Å²) in [5.74, 6) is 0.211. The van der Waals surface area contributed by atoms with Crippen molar-refractivity contribution in [2.24, 2.45) is 0 Å². The normalized spacial score (nSPS) is 10.1. The number of aromatic nitrogens is 1. The number of carboxylic acids is 1. The van der Waals surface area contributed by atoms with Crippen LogP contribution in [0.4, 0.5) is 0 Å². The van der Waals surface area contributed by atoms with E-state index in [0.29, 0.717) is 27.1 Å². The Kier molecular flexibility index (Phi) is 4.83. The number of hydrogen-bond donors (Lipinski definition) is 1. The standard InChI is InChI=1S/C14H12N2O3S2/c1-8-12(13(17)18)21-14(16-8)20-7-9-3-4-11(19-2)10(5-9)6-15/h3-5H,7H2,1-2H3,(H,17,18). The molecule has 0 atom stereocenters. The molecular weight excluding hydrogens is 308 g/mol. The highest BCUT2D eigenvalue weighted by atomic mass is 32.2. The first-order valence-corrected chi connectivity index (χ1v) is 7.76. The first-order valence-electron chi connectivity index (χ1n) is 5.95. The molecule has 1 N–H and O–H groups in total. The Labute approximate surface area is 130 Å². The summed E-state index contributed by atoms with van der Waals surface area (Å²) in [7, 11) is 1.52. The number of rotatable bonds is 5. The van der Waals surface area contributed by atoms with E-state index in [2.05, 4.69) is 11.1 Å². The molecule has 0 aliphatic rings. The van der Waals surface area contributed by atoms with Gasteiger partial charge in [-0.25, -0.2) is 9.78 Å². The highest BCUT2D eigenvalue weighted by Gasteiger charge is 2.14. The third-order valence-electron chi connectivity index (χ3n) is 2.72. The Balaban J connectivity index is 2.12. The molecule has 0 aliphatic carbocycles. The van der Waals surface area contributed by atoms with E-state index in [-0.39, 0.29) is 4.88 Å². The fourth-order valence-electron chi connectivity index (χ4n) is 1.71. The van der Waals surface area contributed by atoms with Crippen LogP contribution in [0, 0.1) is 18.3 Å². The molecule has 1 aromatic heterocycles. The van der Waals surface area contributed by atoms with Crippen LogP contribution in [0.2, 0.25) is 0 Å². The molecular formula is C14H12N2O3S2. The highest BCUT2D eigenvalue weighted by Crippen LogP contribution is 2.30. The van der Waals surface area contributed by atoms with Crippen molar-refractivity contribution in [1.29, 1.82) is 5.26 Å². The molecule has 0 bridgehead atoms. The number of aryl methyl sites for hydroxylation is 1. The quantitative estimate of drug-likeness (QED) is 0.851. The minimum absolute atomic E-state index is 0.268. The fraction of sp³-hybridized carbons (Fsp3) is 0.214. The van der Waals surface area contributed by atoms with Gasteiger partial charge in [0.25, 0.3) is 0 Å². The van der Waals surface area contributed by atoms with E-state index < -0.39 is 5.97 Å². The summed E-state index contributed by atoms with van der Waals surface area (Å²) in [6, 6.07) is 7.49. The Morgan fingerprint density at radius 3 is 2.90 bits per heavy atom. The molecule has 21 heavy (non-hydrogen) atoms. The number of aromatic carboxylic acids is 1.